The second-order valence-corrected chi connectivity index (χ2v) is 6.17. The minimum Gasteiger partial charge on any atom is -0.378 e. The Morgan fingerprint density at radius 2 is 2.00 bits per heavy atom. The molecule has 1 fully saturated rings. The molecule has 1 aromatic carbocycles. The Hall–Kier alpha value is -2.35. The van der Waals surface area contributed by atoms with Crippen molar-refractivity contribution in [1.29, 1.82) is 0 Å². The van der Waals surface area contributed by atoms with Crippen LogP contribution in [0.1, 0.15) is 35.9 Å². The summed E-state index contributed by atoms with van der Waals surface area (Å²) in [6.45, 7) is 0.255. The van der Waals surface area contributed by atoms with E-state index in [4.69, 9.17) is 0 Å². The van der Waals surface area contributed by atoms with Crippen LogP contribution in [0.2, 0.25) is 0 Å². The summed E-state index contributed by atoms with van der Waals surface area (Å²) in [4.78, 5) is 18.4. The molecule has 1 N–H and O–H groups in total. The number of aliphatic hydroxyl groups excluding tert-OH is 1. The van der Waals surface area contributed by atoms with Crippen LogP contribution in [0.15, 0.2) is 36.7 Å². The van der Waals surface area contributed by atoms with E-state index in [1.165, 1.54) is 0 Å². The number of aliphatic hydroxyl groups is 1. The van der Waals surface area contributed by atoms with E-state index < -0.39 is 23.8 Å². The van der Waals surface area contributed by atoms with Crippen LogP contribution in [0, 0.1) is 0 Å². The van der Waals surface area contributed by atoms with Gasteiger partial charge in [0.2, 0.25) is 0 Å². The van der Waals surface area contributed by atoms with Gasteiger partial charge in [0.25, 0.3) is 5.91 Å². The molecule has 0 spiro atoms. The molecule has 3 rings (SSSR count). The van der Waals surface area contributed by atoms with E-state index >= 15 is 0 Å². The van der Waals surface area contributed by atoms with Crippen molar-refractivity contribution in [2.75, 3.05) is 0 Å². The first-order valence-corrected chi connectivity index (χ1v) is 7.89. The number of halogens is 3. The number of alkyl halides is 3. The molecule has 0 unspecified atom stereocenters. The lowest BCUT2D eigenvalue weighted by atomic mass is 10.1. The minimum atomic E-state index is -4.45. The van der Waals surface area contributed by atoms with Crippen molar-refractivity contribution < 1.29 is 23.1 Å². The summed E-state index contributed by atoms with van der Waals surface area (Å²) in [6, 6.07) is 4.04. The molecule has 25 heavy (non-hydrogen) atoms. The first kappa shape index (κ1) is 17.5. The number of imidazole rings is 1. The summed E-state index contributed by atoms with van der Waals surface area (Å²) in [7, 11) is 1.81. The molecule has 1 saturated carbocycles. The maximum Gasteiger partial charge on any atom is 0.416 e. The van der Waals surface area contributed by atoms with Crippen LogP contribution < -0.4 is 0 Å². The molecule has 1 aromatic heterocycles. The fraction of sp³-hybridized carbons (Fsp3) is 0.412. The second kappa shape index (κ2) is 6.51. The molecule has 2 aromatic rings. The molecule has 1 amide bonds. The van der Waals surface area contributed by atoms with Crippen LogP contribution >= 0.6 is 0 Å². The fourth-order valence-corrected chi connectivity index (χ4v) is 2.63. The quantitative estimate of drug-likeness (QED) is 0.899. The predicted molar refractivity (Wildman–Crippen MR) is 83.2 cm³/mol. The van der Waals surface area contributed by atoms with Gasteiger partial charge in [0.1, 0.15) is 5.82 Å². The van der Waals surface area contributed by atoms with Gasteiger partial charge in [-0.3, -0.25) is 4.79 Å². The van der Waals surface area contributed by atoms with Crippen molar-refractivity contribution >= 4 is 5.91 Å². The van der Waals surface area contributed by atoms with Gasteiger partial charge in [0.15, 0.2) is 6.10 Å². The zero-order chi connectivity index (χ0) is 18.2. The van der Waals surface area contributed by atoms with Crippen LogP contribution in [-0.2, 0) is 24.6 Å². The highest BCUT2D eigenvalue weighted by molar-refractivity contribution is 5.82. The summed E-state index contributed by atoms with van der Waals surface area (Å²) in [5.41, 5.74) is -0.675. The third kappa shape index (κ3) is 3.84. The highest BCUT2D eigenvalue weighted by Crippen LogP contribution is 2.32. The van der Waals surface area contributed by atoms with Crippen molar-refractivity contribution in [3.05, 3.63) is 53.6 Å². The van der Waals surface area contributed by atoms with Gasteiger partial charge in [-0.1, -0.05) is 12.1 Å². The van der Waals surface area contributed by atoms with E-state index in [2.05, 4.69) is 4.98 Å². The molecule has 0 saturated heterocycles. The highest BCUT2D eigenvalue weighted by Gasteiger charge is 2.37. The van der Waals surface area contributed by atoms with Crippen molar-refractivity contribution in [2.45, 2.75) is 37.7 Å². The van der Waals surface area contributed by atoms with E-state index in [9.17, 15) is 23.1 Å². The number of carbonyl (C=O) groups is 1. The molecular formula is C17H18F3N3O2. The number of hydrogen-bond acceptors (Lipinski definition) is 3. The van der Waals surface area contributed by atoms with E-state index in [0.29, 0.717) is 5.82 Å². The van der Waals surface area contributed by atoms with Crippen molar-refractivity contribution in [1.82, 2.24) is 14.5 Å². The Morgan fingerprint density at radius 1 is 1.36 bits per heavy atom. The molecule has 1 heterocycles. The first-order valence-electron chi connectivity index (χ1n) is 7.89. The van der Waals surface area contributed by atoms with Gasteiger partial charge in [-0.25, -0.2) is 4.98 Å². The number of carbonyl (C=O) groups excluding carboxylic acids is 1. The van der Waals surface area contributed by atoms with Gasteiger partial charge in [0.05, 0.1) is 12.1 Å². The summed E-state index contributed by atoms with van der Waals surface area (Å²) in [6.07, 6.45) is -0.880. The number of benzene rings is 1. The summed E-state index contributed by atoms with van der Waals surface area (Å²) >= 11 is 0. The standard InChI is InChI=1S/C17H18F3N3O2/c1-22-9-8-21-14(22)10-23(13-6-7-13)16(25)15(24)11-2-4-12(5-3-11)17(18,19)20/h2-5,8-9,13,15,24H,6-7,10H2,1H3/t15-/m1/s1. The highest BCUT2D eigenvalue weighted by atomic mass is 19.4. The first-order chi connectivity index (χ1) is 11.8. The van der Waals surface area contributed by atoms with Crippen LogP contribution in [0.3, 0.4) is 0 Å². The summed E-state index contributed by atoms with van der Waals surface area (Å²) in [5.74, 6) is 0.158. The molecule has 0 bridgehead atoms. The van der Waals surface area contributed by atoms with Crippen molar-refractivity contribution in [3.8, 4) is 0 Å². The van der Waals surface area contributed by atoms with Gasteiger partial charge in [-0.15, -0.1) is 0 Å². The topological polar surface area (TPSA) is 58.4 Å². The SMILES string of the molecule is Cn1ccnc1CN(C(=O)[C@H](O)c1ccc(C(F)(F)F)cc1)C1CC1. The maximum absolute atomic E-state index is 12.7. The summed E-state index contributed by atoms with van der Waals surface area (Å²) < 4.78 is 39.7. The largest absolute Gasteiger partial charge is 0.416 e. The lowest BCUT2D eigenvalue weighted by Crippen LogP contribution is -2.37. The van der Waals surface area contributed by atoms with Crippen molar-refractivity contribution in [2.24, 2.45) is 7.05 Å². The Balaban J connectivity index is 1.76. The van der Waals surface area contributed by atoms with Crippen LogP contribution in [0.5, 0.6) is 0 Å². The number of nitrogens with zero attached hydrogens (tertiary/aromatic N) is 3. The smallest absolute Gasteiger partial charge is 0.378 e. The fourth-order valence-electron chi connectivity index (χ4n) is 2.63. The summed E-state index contributed by atoms with van der Waals surface area (Å²) in [5, 5.41) is 10.3. The van der Waals surface area contributed by atoms with Crippen molar-refractivity contribution in [3.63, 3.8) is 0 Å². The molecule has 1 aliphatic carbocycles. The van der Waals surface area contributed by atoms with Gasteiger partial charge >= 0.3 is 6.18 Å². The van der Waals surface area contributed by atoms with Crippen LogP contribution in [0.4, 0.5) is 13.2 Å². The molecule has 134 valence electrons. The third-order valence-electron chi connectivity index (χ3n) is 4.29. The lowest BCUT2D eigenvalue weighted by Gasteiger charge is -2.25. The average Bonchev–Trinajstić information content (AvgIpc) is 3.33. The normalized spacial score (nSPS) is 15.9. The van der Waals surface area contributed by atoms with E-state index in [1.807, 2.05) is 7.05 Å². The predicted octanol–water partition coefficient (Wildman–Crippen LogP) is 2.66. The maximum atomic E-state index is 12.7. The van der Waals surface area contributed by atoms with Crippen LogP contribution in [0.25, 0.3) is 0 Å². The average molecular weight is 353 g/mol. The molecule has 8 heteroatoms. The number of aromatic nitrogens is 2. The zero-order valence-electron chi connectivity index (χ0n) is 13.6. The van der Waals surface area contributed by atoms with E-state index in [0.717, 1.165) is 37.1 Å². The van der Waals surface area contributed by atoms with Gasteiger partial charge in [-0.05, 0) is 30.5 Å². The van der Waals surface area contributed by atoms with Gasteiger partial charge < -0.3 is 14.6 Å². The molecule has 1 aliphatic rings. The molecule has 5 nitrogen and oxygen atoms in total. The Morgan fingerprint density at radius 3 is 2.48 bits per heavy atom. The monoisotopic (exact) mass is 353 g/mol. The zero-order valence-corrected chi connectivity index (χ0v) is 13.6. The Kier molecular flexibility index (Phi) is 4.55. The number of rotatable bonds is 5. The number of aryl methyl sites for hydroxylation is 1. The molecule has 0 radical (unpaired) electrons. The third-order valence-corrected chi connectivity index (χ3v) is 4.29. The lowest BCUT2D eigenvalue weighted by molar-refractivity contribution is -0.142. The van der Waals surface area contributed by atoms with Gasteiger partial charge in [0, 0.05) is 25.5 Å². The molecular weight excluding hydrogens is 335 g/mol. The number of amides is 1. The van der Waals surface area contributed by atoms with Crippen LogP contribution in [-0.4, -0.2) is 31.5 Å². The second-order valence-electron chi connectivity index (χ2n) is 6.17. The molecule has 1 atom stereocenters. The number of hydrogen-bond donors (Lipinski definition) is 1. The van der Waals surface area contributed by atoms with E-state index in [-0.39, 0.29) is 18.2 Å². The molecule has 0 aliphatic heterocycles. The Labute approximate surface area is 142 Å². The Bertz CT molecular complexity index is 751. The van der Waals surface area contributed by atoms with Gasteiger partial charge in [-0.2, -0.15) is 13.2 Å². The minimum absolute atomic E-state index is 0.0355. The van der Waals surface area contributed by atoms with E-state index in [1.54, 1.807) is 21.9 Å².